The molecule has 1 heterocycles. The van der Waals surface area contributed by atoms with Crippen molar-refractivity contribution in [2.24, 2.45) is 10.9 Å². The number of carbonyl (C=O) groups is 1. The Balaban J connectivity index is 1.92. The third-order valence-corrected chi connectivity index (χ3v) is 3.92. The van der Waals surface area contributed by atoms with Gasteiger partial charge in [-0.1, -0.05) is 11.2 Å². The van der Waals surface area contributed by atoms with E-state index in [1.54, 1.807) is 0 Å². The molecule has 0 aromatic heterocycles. The number of amidine groups is 1. The summed E-state index contributed by atoms with van der Waals surface area (Å²) >= 11 is 2.20. The molecule has 0 spiro atoms. The summed E-state index contributed by atoms with van der Waals surface area (Å²) in [5.41, 5.74) is 6.21. The predicted octanol–water partition coefficient (Wildman–Crippen LogP) is 0.795. The molecule has 6 nitrogen and oxygen atoms in total. The number of rotatable bonds is 3. The van der Waals surface area contributed by atoms with Gasteiger partial charge in [-0.05, 0) is 40.8 Å². The first-order valence-electron chi connectivity index (χ1n) is 6.34. The number of carbonyl (C=O) groups excluding carboxylic acids is 1. The van der Waals surface area contributed by atoms with Crippen LogP contribution in [0, 0.1) is 3.57 Å². The highest BCUT2D eigenvalue weighted by molar-refractivity contribution is 14.1. The molecule has 1 saturated heterocycles. The van der Waals surface area contributed by atoms with Crippen LogP contribution in [0.25, 0.3) is 0 Å². The molecule has 1 aliphatic rings. The Morgan fingerprint density at radius 3 is 2.65 bits per heavy atom. The summed E-state index contributed by atoms with van der Waals surface area (Å²) in [6, 6.07) is 7.59. The molecule has 1 aliphatic heterocycles. The fourth-order valence-electron chi connectivity index (χ4n) is 2.17. The lowest BCUT2D eigenvalue weighted by Crippen LogP contribution is -2.50. The van der Waals surface area contributed by atoms with E-state index in [1.165, 1.54) is 0 Å². The minimum Gasteiger partial charge on any atom is -0.409 e. The Hall–Kier alpha value is -1.35. The zero-order valence-corrected chi connectivity index (χ0v) is 13.2. The number of piperazine rings is 1. The lowest BCUT2D eigenvalue weighted by molar-refractivity contribution is 0.0653. The Morgan fingerprint density at radius 1 is 1.35 bits per heavy atom. The number of hydrogen-bond acceptors (Lipinski definition) is 4. The number of halogens is 1. The molecule has 3 N–H and O–H groups in total. The van der Waals surface area contributed by atoms with Crippen LogP contribution in [0.4, 0.5) is 0 Å². The van der Waals surface area contributed by atoms with Crippen LogP contribution in [0.3, 0.4) is 0 Å². The summed E-state index contributed by atoms with van der Waals surface area (Å²) in [6.45, 7) is 3.20. The normalized spacial score (nSPS) is 17.2. The Labute approximate surface area is 131 Å². The average Bonchev–Trinajstić information content (AvgIpc) is 2.47. The summed E-state index contributed by atoms with van der Waals surface area (Å²) < 4.78 is 1.05. The lowest BCUT2D eigenvalue weighted by atomic mass is 10.2. The van der Waals surface area contributed by atoms with Crippen LogP contribution in [-0.4, -0.2) is 59.5 Å². The topological polar surface area (TPSA) is 82.2 Å². The number of benzene rings is 1. The van der Waals surface area contributed by atoms with Crippen LogP contribution < -0.4 is 5.73 Å². The summed E-state index contributed by atoms with van der Waals surface area (Å²) in [4.78, 5) is 16.3. The van der Waals surface area contributed by atoms with Crippen molar-refractivity contribution >= 4 is 34.3 Å². The molecular formula is C13H17IN4O2. The van der Waals surface area contributed by atoms with E-state index in [1.807, 2.05) is 29.2 Å². The first kappa shape index (κ1) is 15.0. The smallest absolute Gasteiger partial charge is 0.253 e. The van der Waals surface area contributed by atoms with Gasteiger partial charge in [0.25, 0.3) is 5.91 Å². The monoisotopic (exact) mass is 388 g/mol. The van der Waals surface area contributed by atoms with Crippen molar-refractivity contribution in [3.63, 3.8) is 0 Å². The van der Waals surface area contributed by atoms with Crippen molar-refractivity contribution in [1.29, 1.82) is 0 Å². The Bertz CT molecular complexity index is 513. The molecule has 0 saturated carbocycles. The van der Waals surface area contributed by atoms with Gasteiger partial charge in [0.2, 0.25) is 0 Å². The molecule has 1 aromatic rings. The van der Waals surface area contributed by atoms with Crippen LogP contribution in [0.1, 0.15) is 10.4 Å². The van der Waals surface area contributed by atoms with E-state index in [2.05, 4.69) is 32.6 Å². The van der Waals surface area contributed by atoms with E-state index in [9.17, 15) is 4.79 Å². The van der Waals surface area contributed by atoms with Crippen LogP contribution in [0.15, 0.2) is 29.4 Å². The molecule has 0 atom stereocenters. The van der Waals surface area contributed by atoms with Crippen LogP contribution in [-0.2, 0) is 0 Å². The molecule has 1 aromatic carbocycles. The molecule has 0 radical (unpaired) electrons. The third kappa shape index (κ3) is 3.83. The second kappa shape index (κ2) is 6.89. The van der Waals surface area contributed by atoms with Crippen molar-refractivity contribution < 1.29 is 10.0 Å². The molecule has 0 unspecified atom stereocenters. The summed E-state index contributed by atoms with van der Waals surface area (Å²) in [5, 5.41) is 11.5. The molecule has 2 rings (SSSR count). The van der Waals surface area contributed by atoms with Gasteiger partial charge in [0, 0.05) is 35.3 Å². The van der Waals surface area contributed by atoms with Crippen molar-refractivity contribution in [3.05, 3.63) is 33.4 Å². The minimum absolute atomic E-state index is 0.0620. The second-order valence-electron chi connectivity index (χ2n) is 4.67. The van der Waals surface area contributed by atoms with Gasteiger partial charge in [0.15, 0.2) is 5.84 Å². The maximum Gasteiger partial charge on any atom is 0.253 e. The van der Waals surface area contributed by atoms with E-state index in [0.717, 1.165) is 22.2 Å². The van der Waals surface area contributed by atoms with Crippen LogP contribution >= 0.6 is 22.6 Å². The van der Waals surface area contributed by atoms with Crippen molar-refractivity contribution in [2.75, 3.05) is 32.7 Å². The number of hydrogen-bond donors (Lipinski definition) is 2. The summed E-state index contributed by atoms with van der Waals surface area (Å²) in [7, 11) is 0. The lowest BCUT2D eigenvalue weighted by Gasteiger charge is -2.34. The molecule has 7 heteroatoms. The van der Waals surface area contributed by atoms with E-state index in [0.29, 0.717) is 19.6 Å². The molecular weight excluding hydrogens is 371 g/mol. The Kier molecular flexibility index (Phi) is 5.18. The fourth-order valence-corrected chi connectivity index (χ4v) is 2.72. The summed E-state index contributed by atoms with van der Waals surface area (Å²) in [5.74, 6) is 0.259. The average molecular weight is 388 g/mol. The SMILES string of the molecule is NC(CN1CCN(C(=O)c2cccc(I)c2)CC1)=NO. The zero-order valence-electron chi connectivity index (χ0n) is 11.0. The number of nitrogens with zero attached hydrogens (tertiary/aromatic N) is 3. The van der Waals surface area contributed by atoms with E-state index in [-0.39, 0.29) is 11.7 Å². The first-order chi connectivity index (χ1) is 9.60. The molecule has 0 aliphatic carbocycles. The van der Waals surface area contributed by atoms with Crippen LogP contribution in [0.5, 0.6) is 0 Å². The fraction of sp³-hybridized carbons (Fsp3) is 0.385. The maximum atomic E-state index is 12.4. The predicted molar refractivity (Wildman–Crippen MR) is 84.9 cm³/mol. The van der Waals surface area contributed by atoms with Crippen molar-refractivity contribution in [2.45, 2.75) is 0 Å². The van der Waals surface area contributed by atoms with Gasteiger partial charge in [-0.15, -0.1) is 0 Å². The van der Waals surface area contributed by atoms with Gasteiger partial charge in [-0.3, -0.25) is 9.69 Å². The van der Waals surface area contributed by atoms with Gasteiger partial charge in [0.05, 0.1) is 6.54 Å². The van der Waals surface area contributed by atoms with Gasteiger partial charge in [-0.2, -0.15) is 0 Å². The molecule has 1 amide bonds. The third-order valence-electron chi connectivity index (χ3n) is 3.25. The van der Waals surface area contributed by atoms with Gasteiger partial charge >= 0.3 is 0 Å². The Morgan fingerprint density at radius 2 is 2.05 bits per heavy atom. The second-order valence-corrected chi connectivity index (χ2v) is 5.92. The van der Waals surface area contributed by atoms with E-state index in [4.69, 9.17) is 10.9 Å². The molecule has 0 bridgehead atoms. The summed E-state index contributed by atoms with van der Waals surface area (Å²) in [6.07, 6.45) is 0. The molecule has 1 fully saturated rings. The van der Waals surface area contributed by atoms with E-state index >= 15 is 0 Å². The molecule has 108 valence electrons. The highest BCUT2D eigenvalue weighted by Crippen LogP contribution is 2.12. The first-order valence-corrected chi connectivity index (χ1v) is 7.41. The van der Waals surface area contributed by atoms with Gasteiger partial charge in [0.1, 0.15) is 0 Å². The number of nitrogens with two attached hydrogens (primary N) is 1. The maximum absolute atomic E-state index is 12.4. The standard InChI is InChI=1S/C13H17IN4O2/c14-11-3-1-2-10(8-11)13(19)18-6-4-17(5-7-18)9-12(15)16-20/h1-3,8,20H,4-7,9H2,(H2,15,16). The number of oxime groups is 1. The largest absolute Gasteiger partial charge is 0.409 e. The van der Waals surface area contributed by atoms with Crippen molar-refractivity contribution in [1.82, 2.24) is 9.80 Å². The quantitative estimate of drug-likeness (QED) is 0.264. The minimum atomic E-state index is 0.0620. The van der Waals surface area contributed by atoms with Crippen molar-refractivity contribution in [3.8, 4) is 0 Å². The highest BCUT2D eigenvalue weighted by atomic mass is 127. The highest BCUT2D eigenvalue weighted by Gasteiger charge is 2.22. The molecule has 20 heavy (non-hydrogen) atoms. The van der Waals surface area contributed by atoms with Crippen LogP contribution in [0.2, 0.25) is 0 Å². The zero-order chi connectivity index (χ0) is 14.5. The number of amides is 1. The van der Waals surface area contributed by atoms with Gasteiger partial charge < -0.3 is 15.8 Å². The van der Waals surface area contributed by atoms with Gasteiger partial charge in [-0.25, -0.2) is 0 Å². The van der Waals surface area contributed by atoms with E-state index < -0.39 is 0 Å².